The van der Waals surface area contributed by atoms with Crippen LogP contribution in [0.15, 0.2) is 53.3 Å². The fourth-order valence-electron chi connectivity index (χ4n) is 4.30. The van der Waals surface area contributed by atoms with E-state index in [0.717, 1.165) is 36.1 Å². The molecule has 2 aromatic carbocycles. The molecule has 0 aliphatic carbocycles. The van der Waals surface area contributed by atoms with E-state index in [1.165, 1.54) is 12.1 Å². The Kier molecular flexibility index (Phi) is 6.62. The van der Waals surface area contributed by atoms with Crippen molar-refractivity contribution in [2.45, 2.75) is 13.0 Å². The Morgan fingerprint density at radius 1 is 1.06 bits per heavy atom. The number of para-hydroxylation sites is 1. The van der Waals surface area contributed by atoms with Gasteiger partial charge in [0.1, 0.15) is 11.3 Å². The number of aromatic amines is 2. The lowest BCUT2D eigenvalue weighted by molar-refractivity contribution is 0.135. The van der Waals surface area contributed by atoms with Gasteiger partial charge in [-0.05, 0) is 36.2 Å². The number of nitrogens with zero attached hydrogens (tertiary/aromatic N) is 3. The van der Waals surface area contributed by atoms with E-state index < -0.39 is 0 Å². The Labute approximate surface area is 200 Å². The number of aromatic nitrogens is 3. The molecule has 0 atom stereocenters. The number of H-pyrrole nitrogens is 2. The lowest BCUT2D eigenvalue weighted by Crippen LogP contribution is -2.51. The maximum Gasteiger partial charge on any atom is 0.325 e. The third-order valence-corrected chi connectivity index (χ3v) is 6.14. The molecular weight excluding hydrogens is 451 g/mol. The average Bonchev–Trinajstić information content (AvgIpc) is 3.24. The summed E-state index contributed by atoms with van der Waals surface area (Å²) in [5.74, 6) is 0.343. The number of piperazine rings is 1. The van der Waals surface area contributed by atoms with E-state index in [1.54, 1.807) is 12.1 Å². The molecule has 182 valence electrons. The number of carbonyl (C=O) groups is 1. The van der Waals surface area contributed by atoms with E-state index in [-0.39, 0.29) is 17.5 Å². The molecule has 0 bridgehead atoms. The van der Waals surface area contributed by atoms with Gasteiger partial charge >= 0.3 is 11.7 Å². The van der Waals surface area contributed by atoms with E-state index >= 15 is 0 Å². The number of ether oxygens (including phenoxy) is 1. The predicted molar refractivity (Wildman–Crippen MR) is 131 cm³/mol. The monoisotopic (exact) mass is 478 g/mol. The van der Waals surface area contributed by atoms with Gasteiger partial charge in [0, 0.05) is 44.7 Å². The molecule has 10 heteroatoms. The molecule has 9 nitrogen and oxygen atoms in total. The van der Waals surface area contributed by atoms with Crippen molar-refractivity contribution in [2.75, 3.05) is 39.3 Å². The zero-order valence-corrected chi connectivity index (χ0v) is 19.2. The molecule has 3 heterocycles. The molecule has 1 fully saturated rings. The zero-order valence-electron chi connectivity index (χ0n) is 19.2. The van der Waals surface area contributed by atoms with Gasteiger partial charge < -0.3 is 19.9 Å². The van der Waals surface area contributed by atoms with Gasteiger partial charge in [0.25, 0.3) is 0 Å². The van der Waals surface area contributed by atoms with Crippen LogP contribution in [0.2, 0.25) is 0 Å². The number of carbonyl (C=O) groups excluding carboxylic acids is 1. The van der Waals surface area contributed by atoms with E-state index in [4.69, 9.17) is 4.74 Å². The summed E-state index contributed by atoms with van der Waals surface area (Å²) in [6.07, 6.45) is 0.614. The Hall–Kier alpha value is -3.92. The van der Waals surface area contributed by atoms with Crippen LogP contribution in [0.1, 0.15) is 12.0 Å². The van der Waals surface area contributed by atoms with Crippen LogP contribution in [-0.4, -0.2) is 70.1 Å². The number of hydrogen-bond acceptors (Lipinski definition) is 5. The highest BCUT2D eigenvalue weighted by Crippen LogP contribution is 2.30. The van der Waals surface area contributed by atoms with Crippen molar-refractivity contribution in [2.24, 2.45) is 0 Å². The lowest BCUT2D eigenvalue weighted by Gasteiger charge is -2.34. The topological polar surface area (TPSA) is 106 Å². The van der Waals surface area contributed by atoms with Crippen molar-refractivity contribution in [1.82, 2.24) is 30.1 Å². The van der Waals surface area contributed by atoms with Crippen LogP contribution in [0.4, 0.5) is 9.18 Å². The third kappa shape index (κ3) is 5.27. The molecule has 4 aromatic rings. The van der Waals surface area contributed by atoms with Crippen LogP contribution < -0.4 is 15.7 Å². The highest BCUT2D eigenvalue weighted by Gasteiger charge is 2.21. The molecule has 1 aliphatic rings. The molecule has 35 heavy (non-hydrogen) atoms. The van der Waals surface area contributed by atoms with Gasteiger partial charge in [-0.2, -0.15) is 0 Å². The molecule has 1 saturated heterocycles. The van der Waals surface area contributed by atoms with Gasteiger partial charge in [0.2, 0.25) is 0 Å². The minimum Gasteiger partial charge on any atom is -0.490 e. The van der Waals surface area contributed by atoms with Crippen molar-refractivity contribution in [3.05, 3.63) is 70.4 Å². The second-order valence-electron chi connectivity index (χ2n) is 8.58. The molecule has 0 saturated carbocycles. The quantitative estimate of drug-likeness (QED) is 0.354. The standard InChI is InChI=1S/C25H27FN6O3/c26-18-8-6-17(7-9-18)16-31-11-13-32(14-12-31)25(34)27-10-3-15-35-22-19-4-1-2-5-20(19)28-23-21(22)29-24(33)30-23/h1-2,4-9H,3,10-16H2,(H,27,34)(H2,28,29,30,33). The van der Waals surface area contributed by atoms with Crippen molar-refractivity contribution in [3.8, 4) is 5.75 Å². The number of urea groups is 1. The van der Waals surface area contributed by atoms with Crippen molar-refractivity contribution < 1.29 is 13.9 Å². The summed E-state index contributed by atoms with van der Waals surface area (Å²) in [4.78, 5) is 38.3. The lowest BCUT2D eigenvalue weighted by atomic mass is 10.2. The maximum atomic E-state index is 13.1. The highest BCUT2D eigenvalue weighted by atomic mass is 19.1. The first-order valence-corrected chi connectivity index (χ1v) is 11.7. The summed E-state index contributed by atoms with van der Waals surface area (Å²) in [5, 5.41) is 3.78. The van der Waals surface area contributed by atoms with E-state index in [1.807, 2.05) is 29.2 Å². The smallest absolute Gasteiger partial charge is 0.325 e. The van der Waals surface area contributed by atoms with Crippen LogP contribution in [0.3, 0.4) is 0 Å². The van der Waals surface area contributed by atoms with Gasteiger partial charge in [0.15, 0.2) is 11.4 Å². The zero-order chi connectivity index (χ0) is 24.2. The Morgan fingerprint density at radius 3 is 2.63 bits per heavy atom. The fraction of sp³-hybridized carbons (Fsp3) is 0.320. The molecule has 0 radical (unpaired) electrons. The molecule has 1 aliphatic heterocycles. The maximum absolute atomic E-state index is 13.1. The Morgan fingerprint density at radius 2 is 1.83 bits per heavy atom. The molecule has 0 spiro atoms. The predicted octanol–water partition coefficient (Wildman–Crippen LogP) is 2.84. The average molecular weight is 479 g/mol. The van der Waals surface area contributed by atoms with Crippen molar-refractivity contribution >= 4 is 28.1 Å². The number of fused-ring (bicyclic) bond motifs is 2. The molecule has 2 aromatic heterocycles. The van der Waals surface area contributed by atoms with Crippen LogP contribution in [0, 0.1) is 5.82 Å². The SMILES string of the molecule is O=C(NCCCOc1c2ccccc2nc2[nH]c(=O)[nH]c12)N1CCN(Cc2ccc(F)cc2)CC1. The van der Waals surface area contributed by atoms with Crippen LogP contribution in [0.25, 0.3) is 22.1 Å². The van der Waals surface area contributed by atoms with E-state index in [0.29, 0.717) is 49.6 Å². The fourth-order valence-corrected chi connectivity index (χ4v) is 4.30. The second-order valence-corrected chi connectivity index (χ2v) is 8.58. The van der Waals surface area contributed by atoms with Gasteiger partial charge in [-0.3, -0.25) is 9.88 Å². The largest absolute Gasteiger partial charge is 0.490 e. The minimum atomic E-state index is -0.335. The number of pyridine rings is 1. The summed E-state index contributed by atoms with van der Waals surface area (Å²) in [6, 6.07) is 14.0. The normalized spacial score (nSPS) is 14.5. The molecule has 0 unspecified atom stereocenters. The highest BCUT2D eigenvalue weighted by molar-refractivity contribution is 5.97. The van der Waals surface area contributed by atoms with Crippen molar-refractivity contribution in [3.63, 3.8) is 0 Å². The van der Waals surface area contributed by atoms with Crippen LogP contribution in [0.5, 0.6) is 5.75 Å². The minimum absolute atomic E-state index is 0.0850. The number of rotatable bonds is 7. The van der Waals surface area contributed by atoms with Gasteiger partial charge in [-0.25, -0.2) is 19.0 Å². The van der Waals surface area contributed by atoms with E-state index in [9.17, 15) is 14.0 Å². The first-order chi connectivity index (χ1) is 17.1. The number of nitrogens with one attached hydrogen (secondary N) is 3. The number of imidazole rings is 1. The van der Waals surface area contributed by atoms with Crippen molar-refractivity contribution in [1.29, 1.82) is 0 Å². The number of halogens is 1. The van der Waals surface area contributed by atoms with Gasteiger partial charge in [-0.15, -0.1) is 0 Å². The first kappa shape index (κ1) is 22.9. The number of hydrogen-bond donors (Lipinski definition) is 3. The van der Waals surface area contributed by atoms with Gasteiger partial charge in [0.05, 0.1) is 12.1 Å². The third-order valence-electron chi connectivity index (χ3n) is 6.14. The summed E-state index contributed by atoms with van der Waals surface area (Å²) >= 11 is 0. The van der Waals surface area contributed by atoms with Crippen LogP contribution >= 0.6 is 0 Å². The Bertz CT molecular complexity index is 1380. The Balaban J connectivity index is 1.08. The molecular formula is C25H27FN6O3. The van der Waals surface area contributed by atoms with E-state index in [2.05, 4.69) is 25.2 Å². The number of benzene rings is 2. The van der Waals surface area contributed by atoms with Crippen LogP contribution in [-0.2, 0) is 6.54 Å². The summed E-state index contributed by atoms with van der Waals surface area (Å²) < 4.78 is 19.1. The summed E-state index contributed by atoms with van der Waals surface area (Å²) in [6.45, 7) is 4.43. The first-order valence-electron chi connectivity index (χ1n) is 11.7. The summed E-state index contributed by atoms with van der Waals surface area (Å²) in [5.41, 5.74) is 2.45. The number of amides is 2. The van der Waals surface area contributed by atoms with Gasteiger partial charge in [-0.1, -0.05) is 24.3 Å². The molecule has 5 rings (SSSR count). The second kappa shape index (κ2) is 10.1. The summed E-state index contributed by atoms with van der Waals surface area (Å²) in [7, 11) is 0. The molecule has 3 N–H and O–H groups in total. The molecule has 2 amide bonds.